The van der Waals surface area contributed by atoms with Gasteiger partial charge in [0, 0.05) is 25.7 Å². The van der Waals surface area contributed by atoms with Gasteiger partial charge in [-0.05, 0) is 18.2 Å². The van der Waals surface area contributed by atoms with Crippen molar-refractivity contribution in [2.45, 2.75) is 0 Å². The number of halogens is 1. The summed E-state index contributed by atoms with van der Waals surface area (Å²) in [6.07, 6.45) is 0. The predicted octanol–water partition coefficient (Wildman–Crippen LogP) is 1.76. The molecule has 4 nitrogen and oxygen atoms in total. The molecule has 0 aliphatic rings. The zero-order valence-electron chi connectivity index (χ0n) is 9.24. The molecule has 0 heterocycles. The Balaban J connectivity index is 2.79. The first-order valence-corrected chi connectivity index (χ1v) is 5.17. The summed E-state index contributed by atoms with van der Waals surface area (Å²) in [5, 5.41) is 9.97. The van der Waals surface area contributed by atoms with Gasteiger partial charge >= 0.3 is 0 Å². The lowest BCUT2D eigenvalue weighted by Crippen LogP contribution is -2.29. The number of rotatable bonds is 4. The number of hydrogen-bond acceptors (Lipinski definition) is 3. The molecule has 0 radical (unpaired) electrons. The first-order chi connectivity index (χ1) is 7.56. The molecule has 0 atom stereocenters. The van der Waals surface area contributed by atoms with Crippen LogP contribution in [0.3, 0.4) is 0 Å². The third kappa shape index (κ3) is 3.12. The molecule has 16 heavy (non-hydrogen) atoms. The molecule has 0 saturated heterocycles. The molecule has 0 bridgehead atoms. The van der Waals surface area contributed by atoms with Crippen LogP contribution in [0, 0.1) is 0 Å². The second-order valence-electron chi connectivity index (χ2n) is 3.38. The van der Waals surface area contributed by atoms with Gasteiger partial charge in [-0.3, -0.25) is 4.79 Å². The summed E-state index contributed by atoms with van der Waals surface area (Å²) in [4.78, 5) is 13.3. The quantitative estimate of drug-likeness (QED) is 0.877. The third-order valence-electron chi connectivity index (χ3n) is 2.17. The first-order valence-electron chi connectivity index (χ1n) is 4.79. The van der Waals surface area contributed by atoms with E-state index in [1.54, 1.807) is 20.2 Å². The van der Waals surface area contributed by atoms with Crippen molar-refractivity contribution in [1.82, 2.24) is 4.90 Å². The van der Waals surface area contributed by atoms with E-state index in [9.17, 15) is 9.90 Å². The summed E-state index contributed by atoms with van der Waals surface area (Å²) >= 11 is 5.68. The second kappa shape index (κ2) is 5.72. The van der Waals surface area contributed by atoms with Gasteiger partial charge in [0.1, 0.15) is 5.75 Å². The first kappa shape index (κ1) is 12.8. The van der Waals surface area contributed by atoms with E-state index in [-0.39, 0.29) is 17.2 Å². The SMILES string of the molecule is COCCN(C)C(=O)c1ccc(Cl)cc1O. The lowest BCUT2D eigenvalue weighted by Gasteiger charge is -2.17. The van der Waals surface area contributed by atoms with Crippen LogP contribution in [0.4, 0.5) is 0 Å². The highest BCUT2D eigenvalue weighted by Crippen LogP contribution is 2.22. The van der Waals surface area contributed by atoms with Gasteiger partial charge in [0.25, 0.3) is 5.91 Å². The molecule has 0 aromatic heterocycles. The minimum absolute atomic E-state index is 0.109. The fraction of sp³-hybridized carbons (Fsp3) is 0.364. The molecule has 5 heteroatoms. The Morgan fingerprint density at radius 1 is 1.56 bits per heavy atom. The van der Waals surface area contributed by atoms with Crippen LogP contribution in [0.25, 0.3) is 0 Å². The van der Waals surface area contributed by atoms with Gasteiger partial charge in [-0.15, -0.1) is 0 Å². The van der Waals surface area contributed by atoms with Crippen LogP contribution < -0.4 is 0 Å². The molecule has 88 valence electrons. The highest BCUT2D eigenvalue weighted by Gasteiger charge is 2.15. The van der Waals surface area contributed by atoms with Crippen LogP contribution in [0.2, 0.25) is 5.02 Å². The maximum atomic E-state index is 11.8. The number of phenols is 1. The standard InChI is InChI=1S/C11H14ClNO3/c1-13(5-6-16-2)11(15)9-4-3-8(12)7-10(9)14/h3-4,7,14H,5-6H2,1-2H3. The summed E-state index contributed by atoms with van der Waals surface area (Å²) in [6.45, 7) is 0.925. The third-order valence-corrected chi connectivity index (χ3v) is 2.40. The van der Waals surface area contributed by atoms with Gasteiger partial charge in [-0.2, -0.15) is 0 Å². The van der Waals surface area contributed by atoms with Crippen molar-refractivity contribution in [1.29, 1.82) is 0 Å². The van der Waals surface area contributed by atoms with Crippen LogP contribution in [-0.2, 0) is 4.74 Å². The fourth-order valence-corrected chi connectivity index (χ4v) is 1.39. The average Bonchev–Trinajstić information content (AvgIpc) is 2.25. The number of aromatic hydroxyl groups is 1. The molecule has 0 fully saturated rings. The van der Waals surface area contributed by atoms with Gasteiger partial charge in [0.2, 0.25) is 0 Å². The fourth-order valence-electron chi connectivity index (χ4n) is 1.22. The van der Waals surface area contributed by atoms with Crippen LogP contribution >= 0.6 is 11.6 Å². The number of carbonyl (C=O) groups is 1. The van der Waals surface area contributed by atoms with Crippen molar-refractivity contribution in [3.8, 4) is 5.75 Å². The highest BCUT2D eigenvalue weighted by molar-refractivity contribution is 6.30. The molecular weight excluding hydrogens is 230 g/mol. The van der Waals surface area contributed by atoms with Gasteiger partial charge in [-0.25, -0.2) is 0 Å². The van der Waals surface area contributed by atoms with Gasteiger partial charge < -0.3 is 14.7 Å². The molecule has 0 unspecified atom stereocenters. The molecule has 0 aliphatic carbocycles. The van der Waals surface area contributed by atoms with Crippen LogP contribution in [-0.4, -0.2) is 43.2 Å². The monoisotopic (exact) mass is 243 g/mol. The number of ether oxygens (including phenoxy) is 1. The van der Waals surface area contributed by atoms with Gasteiger partial charge in [0.05, 0.1) is 12.2 Å². The van der Waals surface area contributed by atoms with E-state index in [2.05, 4.69) is 0 Å². The summed E-state index contributed by atoms with van der Waals surface area (Å²) < 4.78 is 4.87. The predicted molar refractivity (Wildman–Crippen MR) is 62.0 cm³/mol. The van der Waals surface area contributed by atoms with Crippen molar-refractivity contribution in [2.24, 2.45) is 0 Å². The molecule has 1 rings (SSSR count). The zero-order valence-corrected chi connectivity index (χ0v) is 9.99. The largest absolute Gasteiger partial charge is 0.507 e. The lowest BCUT2D eigenvalue weighted by atomic mass is 10.2. The number of methoxy groups -OCH3 is 1. The number of nitrogens with zero attached hydrogens (tertiary/aromatic N) is 1. The summed E-state index contributed by atoms with van der Waals surface area (Å²) in [5.41, 5.74) is 0.239. The Morgan fingerprint density at radius 3 is 2.81 bits per heavy atom. The topological polar surface area (TPSA) is 49.8 Å². The van der Waals surface area contributed by atoms with E-state index in [1.807, 2.05) is 0 Å². The van der Waals surface area contributed by atoms with E-state index in [1.165, 1.54) is 17.0 Å². The van der Waals surface area contributed by atoms with E-state index < -0.39 is 0 Å². The molecule has 0 spiro atoms. The normalized spacial score (nSPS) is 10.2. The van der Waals surface area contributed by atoms with E-state index in [4.69, 9.17) is 16.3 Å². The molecule has 1 N–H and O–H groups in total. The summed E-state index contributed by atoms with van der Waals surface area (Å²) in [7, 11) is 3.22. The van der Waals surface area contributed by atoms with Crippen molar-refractivity contribution in [2.75, 3.05) is 27.3 Å². The highest BCUT2D eigenvalue weighted by atomic mass is 35.5. The Morgan fingerprint density at radius 2 is 2.25 bits per heavy atom. The van der Waals surface area contributed by atoms with E-state index >= 15 is 0 Å². The number of benzene rings is 1. The average molecular weight is 244 g/mol. The van der Waals surface area contributed by atoms with E-state index in [0.29, 0.717) is 18.2 Å². The molecule has 1 aromatic rings. The van der Waals surface area contributed by atoms with Crippen molar-refractivity contribution in [3.05, 3.63) is 28.8 Å². The van der Waals surface area contributed by atoms with Crippen molar-refractivity contribution >= 4 is 17.5 Å². The number of likely N-dealkylation sites (N-methyl/N-ethyl adjacent to an activating group) is 1. The maximum absolute atomic E-state index is 11.8. The summed E-state index contributed by atoms with van der Waals surface area (Å²) in [5.74, 6) is -0.368. The molecule has 0 saturated carbocycles. The van der Waals surface area contributed by atoms with Gasteiger partial charge in [-0.1, -0.05) is 11.6 Å². The minimum atomic E-state index is -0.258. The smallest absolute Gasteiger partial charge is 0.257 e. The maximum Gasteiger partial charge on any atom is 0.257 e. The Labute approximate surface area is 99.4 Å². The summed E-state index contributed by atoms with van der Waals surface area (Å²) in [6, 6.07) is 4.42. The van der Waals surface area contributed by atoms with Crippen molar-refractivity contribution < 1.29 is 14.6 Å². The molecule has 0 aliphatic heterocycles. The minimum Gasteiger partial charge on any atom is -0.507 e. The zero-order chi connectivity index (χ0) is 12.1. The Hall–Kier alpha value is -1.26. The lowest BCUT2D eigenvalue weighted by molar-refractivity contribution is 0.0741. The van der Waals surface area contributed by atoms with Crippen LogP contribution in [0.1, 0.15) is 10.4 Å². The second-order valence-corrected chi connectivity index (χ2v) is 3.82. The van der Waals surface area contributed by atoms with Crippen LogP contribution in [0.5, 0.6) is 5.75 Å². The van der Waals surface area contributed by atoms with E-state index in [0.717, 1.165) is 0 Å². The number of amides is 1. The number of carbonyl (C=O) groups excluding carboxylic acids is 1. The van der Waals surface area contributed by atoms with Gasteiger partial charge in [0.15, 0.2) is 0 Å². The Kier molecular flexibility index (Phi) is 4.58. The van der Waals surface area contributed by atoms with Crippen LogP contribution in [0.15, 0.2) is 18.2 Å². The molecule has 1 amide bonds. The van der Waals surface area contributed by atoms with Crippen molar-refractivity contribution in [3.63, 3.8) is 0 Å². The Bertz CT molecular complexity index is 381. The number of hydrogen-bond donors (Lipinski definition) is 1. The molecular formula is C11H14ClNO3. The molecule has 1 aromatic carbocycles. The number of phenolic OH excluding ortho intramolecular Hbond substituents is 1.